The van der Waals surface area contributed by atoms with Crippen molar-refractivity contribution >= 4 is 0 Å². The molecular formula is C58H60. The van der Waals surface area contributed by atoms with Gasteiger partial charge in [-0.3, -0.25) is 0 Å². The van der Waals surface area contributed by atoms with Crippen molar-refractivity contribution in [2.45, 2.75) is 132 Å². The molecule has 6 aliphatic rings. The van der Waals surface area contributed by atoms with Crippen LogP contribution in [0.2, 0.25) is 0 Å². The van der Waals surface area contributed by atoms with E-state index in [1.54, 1.807) is 66.8 Å². The maximum atomic E-state index is 2.61. The van der Waals surface area contributed by atoms with E-state index in [2.05, 4.69) is 170 Å². The highest BCUT2D eigenvalue weighted by atomic mass is 14.7. The molecule has 0 unspecified atom stereocenters. The molecular weight excluding hydrogens is 697 g/mol. The minimum atomic E-state index is 0.206. The van der Waals surface area contributed by atoms with Gasteiger partial charge in [-0.25, -0.2) is 0 Å². The van der Waals surface area contributed by atoms with E-state index in [9.17, 15) is 0 Å². The van der Waals surface area contributed by atoms with Crippen LogP contribution >= 0.6 is 0 Å². The van der Waals surface area contributed by atoms with Gasteiger partial charge in [-0.05, 0) is 217 Å². The van der Waals surface area contributed by atoms with Crippen LogP contribution in [-0.4, -0.2) is 0 Å². The van der Waals surface area contributed by atoms with Crippen LogP contribution in [0.3, 0.4) is 0 Å². The Kier molecular flexibility index (Phi) is 7.24. The summed E-state index contributed by atoms with van der Waals surface area (Å²) in [6.07, 6.45) is 0. The van der Waals surface area contributed by atoms with Crippen molar-refractivity contribution in [2.24, 2.45) is 10.8 Å². The van der Waals surface area contributed by atoms with Gasteiger partial charge in [0.25, 0.3) is 0 Å². The molecule has 0 radical (unpaired) electrons. The van der Waals surface area contributed by atoms with Crippen molar-refractivity contribution in [2.75, 3.05) is 0 Å². The first-order chi connectivity index (χ1) is 27.6. The maximum absolute atomic E-state index is 2.61. The minimum Gasteiger partial charge on any atom is -0.0587 e. The van der Waals surface area contributed by atoms with Gasteiger partial charge in [0.15, 0.2) is 0 Å². The van der Waals surface area contributed by atoms with Crippen LogP contribution in [0.1, 0.15) is 183 Å². The van der Waals surface area contributed by atoms with Gasteiger partial charge in [-0.2, -0.15) is 0 Å². The Hall–Kier alpha value is -4.68. The van der Waals surface area contributed by atoms with Crippen LogP contribution in [0.25, 0.3) is 0 Å². The first-order valence-corrected chi connectivity index (χ1v) is 22.2. The van der Waals surface area contributed by atoms with Crippen LogP contribution in [-0.2, 0) is 0 Å². The molecule has 292 valence electrons. The lowest BCUT2D eigenvalue weighted by Crippen LogP contribution is -2.24. The fourth-order valence-electron chi connectivity index (χ4n) is 15.3. The van der Waals surface area contributed by atoms with Gasteiger partial charge < -0.3 is 0 Å². The Labute approximate surface area is 348 Å². The van der Waals surface area contributed by atoms with E-state index in [0.717, 1.165) is 0 Å². The zero-order valence-electron chi connectivity index (χ0n) is 37.4. The van der Waals surface area contributed by atoms with Crippen molar-refractivity contribution in [3.8, 4) is 0 Å². The first-order valence-electron chi connectivity index (χ1n) is 22.2. The number of hydrogen-bond acceptors (Lipinski definition) is 0. The second kappa shape index (κ2) is 11.5. The standard InChI is InChI=1S/2C29H30/c2*1-14-8-9-15(2)21-20(14)26-22-16(3)10-11-17(4)23(22)28-25-19(6)13-12-18(5)24(25)27(21)29(26,28)7/h2*8-13,26-28H,1-7H3. The summed E-state index contributed by atoms with van der Waals surface area (Å²) in [5.41, 5.74) is 37.8. The van der Waals surface area contributed by atoms with Crippen LogP contribution in [0.4, 0.5) is 0 Å². The molecule has 0 heteroatoms. The third-order valence-electron chi connectivity index (χ3n) is 17.5. The number of aryl methyl sites for hydroxylation is 12. The topological polar surface area (TPSA) is 0 Å². The zero-order valence-corrected chi connectivity index (χ0v) is 37.4. The Bertz CT molecular complexity index is 2190. The molecule has 6 aliphatic carbocycles. The Morgan fingerprint density at radius 3 is 0.379 bits per heavy atom. The highest BCUT2D eigenvalue weighted by molar-refractivity contribution is 5.76. The summed E-state index contributed by atoms with van der Waals surface area (Å²) in [5.74, 6) is 3.05. The van der Waals surface area contributed by atoms with E-state index >= 15 is 0 Å². The van der Waals surface area contributed by atoms with Crippen molar-refractivity contribution in [1.82, 2.24) is 0 Å². The molecule has 0 atom stereocenters. The molecule has 0 amide bonds. The molecule has 0 aromatic heterocycles. The fraction of sp³-hybridized carbons (Fsp3) is 0.379. The summed E-state index contributed by atoms with van der Waals surface area (Å²) in [7, 11) is 0. The highest BCUT2D eigenvalue weighted by Gasteiger charge is 2.68. The molecule has 0 bridgehead atoms. The molecule has 58 heavy (non-hydrogen) atoms. The predicted molar refractivity (Wildman–Crippen MR) is 243 cm³/mol. The lowest BCUT2D eigenvalue weighted by atomic mass is 9.69. The average Bonchev–Trinajstić information content (AvgIpc) is 3.94. The van der Waals surface area contributed by atoms with E-state index in [0.29, 0.717) is 35.5 Å². The maximum Gasteiger partial charge on any atom is 0.0173 e. The number of hydrogen-bond donors (Lipinski definition) is 0. The molecule has 12 rings (SSSR count). The van der Waals surface area contributed by atoms with E-state index in [1.807, 2.05) is 0 Å². The zero-order chi connectivity index (χ0) is 40.8. The quantitative estimate of drug-likeness (QED) is 0.145. The number of rotatable bonds is 0. The normalized spacial score (nSPS) is 27.6. The third kappa shape index (κ3) is 3.95. The molecule has 0 aliphatic heterocycles. The van der Waals surface area contributed by atoms with Crippen LogP contribution in [0.5, 0.6) is 0 Å². The lowest BCUT2D eigenvalue weighted by Gasteiger charge is -2.32. The van der Waals surface area contributed by atoms with Gasteiger partial charge >= 0.3 is 0 Å². The molecule has 0 saturated heterocycles. The van der Waals surface area contributed by atoms with E-state index in [1.165, 1.54) is 66.8 Å². The summed E-state index contributed by atoms with van der Waals surface area (Å²) in [6.45, 7) is 33.3. The van der Waals surface area contributed by atoms with Gasteiger partial charge in [-0.15, -0.1) is 0 Å². The van der Waals surface area contributed by atoms with Crippen LogP contribution in [0.15, 0.2) is 72.8 Å². The molecule has 0 fully saturated rings. The first kappa shape index (κ1) is 36.4. The highest BCUT2D eigenvalue weighted by Crippen LogP contribution is 2.79. The van der Waals surface area contributed by atoms with Crippen molar-refractivity contribution < 1.29 is 0 Å². The summed E-state index contributed by atoms with van der Waals surface area (Å²) in [4.78, 5) is 0. The van der Waals surface area contributed by atoms with E-state index in [-0.39, 0.29) is 10.8 Å². The second-order valence-electron chi connectivity index (χ2n) is 20.5. The third-order valence-corrected chi connectivity index (χ3v) is 17.5. The van der Waals surface area contributed by atoms with Crippen molar-refractivity contribution in [3.63, 3.8) is 0 Å². The SMILES string of the molecule is Cc1ccc(C)c2c1C1c3c(C)ccc(C)c3C3c4c(C)ccc(C)c4C2C13C.Cc1ccc(C)c2c1C1c3c(C)ccc(C)c3C3c4c(C)ccc(C)c4C2C13C. The summed E-state index contributed by atoms with van der Waals surface area (Å²) < 4.78 is 0. The number of fused-ring (bicyclic) bond motifs is 18. The molecule has 0 N–H and O–H groups in total. The van der Waals surface area contributed by atoms with Crippen LogP contribution < -0.4 is 0 Å². The monoisotopic (exact) mass is 756 g/mol. The lowest BCUT2D eigenvalue weighted by molar-refractivity contribution is 0.287. The molecule has 0 spiro atoms. The molecule has 6 aromatic rings. The van der Waals surface area contributed by atoms with Crippen molar-refractivity contribution in [1.29, 1.82) is 0 Å². The summed E-state index contributed by atoms with van der Waals surface area (Å²) in [5, 5.41) is 0. The van der Waals surface area contributed by atoms with Gasteiger partial charge in [0.2, 0.25) is 0 Å². The second-order valence-corrected chi connectivity index (χ2v) is 20.5. The molecule has 0 saturated carbocycles. The molecule has 0 nitrogen and oxygen atoms in total. The fourth-order valence-corrected chi connectivity index (χ4v) is 15.3. The van der Waals surface area contributed by atoms with Crippen molar-refractivity contribution in [3.05, 3.63) is 206 Å². The van der Waals surface area contributed by atoms with Gasteiger partial charge in [0.1, 0.15) is 0 Å². The van der Waals surface area contributed by atoms with Gasteiger partial charge in [-0.1, -0.05) is 86.6 Å². The Morgan fingerprint density at radius 2 is 0.293 bits per heavy atom. The van der Waals surface area contributed by atoms with E-state index < -0.39 is 0 Å². The van der Waals surface area contributed by atoms with Crippen LogP contribution in [0, 0.1) is 93.9 Å². The smallest absolute Gasteiger partial charge is 0.0173 e. The molecule has 6 aromatic carbocycles. The average molecular weight is 757 g/mol. The minimum absolute atomic E-state index is 0.206. The predicted octanol–water partition coefficient (Wildman–Crippen LogP) is 14.6. The van der Waals surface area contributed by atoms with E-state index in [4.69, 9.17) is 0 Å². The Morgan fingerprint density at radius 1 is 0.207 bits per heavy atom. The Balaban J connectivity index is 0.000000133. The van der Waals surface area contributed by atoms with Gasteiger partial charge in [0, 0.05) is 46.3 Å². The molecule has 0 heterocycles. The summed E-state index contributed by atoms with van der Waals surface area (Å²) in [6, 6.07) is 28.3. The summed E-state index contributed by atoms with van der Waals surface area (Å²) >= 11 is 0. The van der Waals surface area contributed by atoms with Gasteiger partial charge in [0.05, 0.1) is 0 Å². The largest absolute Gasteiger partial charge is 0.0587 e. The number of benzene rings is 6.